The molecule has 0 aromatic heterocycles. The summed E-state index contributed by atoms with van der Waals surface area (Å²) in [6.45, 7) is 0.181. The molecule has 104 valence electrons. The zero-order valence-electron chi connectivity index (χ0n) is 11.0. The van der Waals surface area contributed by atoms with Crippen LogP contribution < -0.4 is 0 Å². The molecule has 0 radical (unpaired) electrons. The summed E-state index contributed by atoms with van der Waals surface area (Å²) in [5, 5.41) is 0. The van der Waals surface area contributed by atoms with Gasteiger partial charge in [-0.05, 0) is 29.3 Å². The second-order valence-corrected chi connectivity index (χ2v) is 5.59. The van der Waals surface area contributed by atoms with E-state index in [1.54, 1.807) is 24.3 Å². The molecule has 3 nitrogen and oxygen atoms in total. The van der Waals surface area contributed by atoms with E-state index in [0.29, 0.717) is 5.56 Å². The normalized spacial score (nSPS) is 13.8. The number of halogens is 1. The summed E-state index contributed by atoms with van der Waals surface area (Å²) >= 11 is 3.32. The number of Topliss-reactive ketones (excluding diaryl/α,β-unsaturated/α-hetero) is 1. The predicted molar refractivity (Wildman–Crippen MR) is 82.7 cm³/mol. The van der Waals surface area contributed by atoms with E-state index in [1.165, 1.54) is 0 Å². The quantitative estimate of drug-likeness (QED) is 0.474. The summed E-state index contributed by atoms with van der Waals surface area (Å²) in [6, 6.07) is 14.4. The van der Waals surface area contributed by atoms with Crippen LogP contribution in [0.15, 0.2) is 58.6 Å². The van der Waals surface area contributed by atoms with Gasteiger partial charge < -0.3 is 4.74 Å². The maximum Gasteiger partial charge on any atom is 0.342 e. The van der Waals surface area contributed by atoms with E-state index in [4.69, 9.17) is 4.74 Å². The number of esters is 1. The van der Waals surface area contributed by atoms with Crippen molar-refractivity contribution in [3.63, 3.8) is 0 Å². The fraction of sp³-hybridized carbons (Fsp3) is 0.0588. The van der Waals surface area contributed by atoms with Crippen LogP contribution in [0.25, 0.3) is 6.08 Å². The Morgan fingerprint density at radius 3 is 2.71 bits per heavy atom. The molecular weight excluding hydrogens is 332 g/mol. The van der Waals surface area contributed by atoms with Gasteiger partial charge in [0.05, 0.1) is 0 Å². The maximum atomic E-state index is 12.5. The van der Waals surface area contributed by atoms with Gasteiger partial charge in [-0.1, -0.05) is 52.3 Å². The number of hydrogen-bond donors (Lipinski definition) is 0. The van der Waals surface area contributed by atoms with Crippen LogP contribution in [0, 0.1) is 0 Å². The smallest absolute Gasteiger partial charge is 0.342 e. The Balaban J connectivity index is 2.05. The first-order valence-electron chi connectivity index (χ1n) is 6.42. The van der Waals surface area contributed by atoms with E-state index in [2.05, 4.69) is 15.9 Å². The van der Waals surface area contributed by atoms with Crippen molar-refractivity contribution in [3.8, 4) is 0 Å². The Labute approximate surface area is 130 Å². The third kappa shape index (κ3) is 2.81. The number of ketones is 1. The maximum absolute atomic E-state index is 12.5. The van der Waals surface area contributed by atoms with Gasteiger partial charge in [-0.2, -0.15) is 0 Å². The zero-order chi connectivity index (χ0) is 14.8. The Bertz CT molecular complexity index is 762. The highest BCUT2D eigenvalue weighted by Crippen LogP contribution is 2.23. The third-order valence-corrected chi connectivity index (χ3v) is 3.76. The lowest BCUT2D eigenvalue weighted by atomic mass is 10.00. The van der Waals surface area contributed by atoms with E-state index in [1.807, 2.05) is 30.3 Å². The fourth-order valence-corrected chi connectivity index (χ4v) is 2.58. The van der Waals surface area contributed by atoms with Crippen LogP contribution in [-0.4, -0.2) is 11.8 Å². The van der Waals surface area contributed by atoms with E-state index in [0.717, 1.165) is 15.6 Å². The lowest BCUT2D eigenvalue weighted by Gasteiger charge is -2.04. The highest BCUT2D eigenvalue weighted by atomic mass is 79.9. The summed E-state index contributed by atoms with van der Waals surface area (Å²) in [7, 11) is 0. The molecule has 0 atom stereocenters. The van der Waals surface area contributed by atoms with Gasteiger partial charge in [-0.25, -0.2) is 4.79 Å². The van der Waals surface area contributed by atoms with Gasteiger partial charge in [0.2, 0.25) is 0 Å². The first-order valence-corrected chi connectivity index (χ1v) is 7.21. The van der Waals surface area contributed by atoms with Crippen LogP contribution in [0.4, 0.5) is 0 Å². The SMILES string of the molecule is O=C1OCc2ccccc2C=C1C(=O)c1cccc(Br)c1. The van der Waals surface area contributed by atoms with Crippen LogP contribution in [-0.2, 0) is 16.1 Å². The monoisotopic (exact) mass is 342 g/mol. The topological polar surface area (TPSA) is 43.4 Å². The molecule has 0 aliphatic carbocycles. The number of carbonyl (C=O) groups is 2. The van der Waals surface area contributed by atoms with Gasteiger partial charge in [0.25, 0.3) is 0 Å². The van der Waals surface area contributed by atoms with Gasteiger partial charge in [0, 0.05) is 10.0 Å². The average molecular weight is 343 g/mol. The number of fused-ring (bicyclic) bond motifs is 1. The lowest BCUT2D eigenvalue weighted by molar-refractivity contribution is -0.139. The number of rotatable bonds is 2. The van der Waals surface area contributed by atoms with Gasteiger partial charge in [0.1, 0.15) is 12.2 Å². The second-order valence-electron chi connectivity index (χ2n) is 4.67. The molecule has 2 aromatic carbocycles. The van der Waals surface area contributed by atoms with Gasteiger partial charge in [0.15, 0.2) is 5.78 Å². The fourth-order valence-electron chi connectivity index (χ4n) is 2.19. The van der Waals surface area contributed by atoms with E-state index < -0.39 is 5.97 Å². The van der Waals surface area contributed by atoms with Crippen molar-refractivity contribution >= 4 is 33.8 Å². The van der Waals surface area contributed by atoms with E-state index in [-0.39, 0.29) is 18.0 Å². The number of carbonyl (C=O) groups excluding carboxylic acids is 2. The van der Waals surface area contributed by atoms with Crippen LogP contribution in [0.1, 0.15) is 21.5 Å². The minimum Gasteiger partial charge on any atom is -0.457 e. The molecule has 0 bridgehead atoms. The molecule has 3 rings (SSSR count). The predicted octanol–water partition coefficient (Wildman–Crippen LogP) is 3.77. The van der Waals surface area contributed by atoms with Crippen molar-refractivity contribution in [1.82, 2.24) is 0 Å². The van der Waals surface area contributed by atoms with Crippen LogP contribution in [0.3, 0.4) is 0 Å². The summed E-state index contributed by atoms with van der Waals surface area (Å²) in [4.78, 5) is 24.6. The number of hydrogen-bond acceptors (Lipinski definition) is 3. The Morgan fingerprint density at radius 1 is 1.10 bits per heavy atom. The molecule has 2 aromatic rings. The number of cyclic esters (lactones) is 1. The van der Waals surface area contributed by atoms with Crippen molar-refractivity contribution in [2.24, 2.45) is 0 Å². The summed E-state index contributed by atoms with van der Waals surface area (Å²) in [5.74, 6) is -0.922. The van der Waals surface area contributed by atoms with Gasteiger partial charge >= 0.3 is 5.97 Å². The molecule has 0 spiro atoms. The molecular formula is C17H11BrO3. The number of ether oxygens (including phenoxy) is 1. The minimum atomic E-state index is -0.587. The summed E-state index contributed by atoms with van der Waals surface area (Å²) in [5.41, 5.74) is 2.23. The average Bonchev–Trinajstić information content (AvgIpc) is 2.66. The molecule has 21 heavy (non-hydrogen) atoms. The van der Waals surface area contributed by atoms with Crippen molar-refractivity contribution in [1.29, 1.82) is 0 Å². The summed E-state index contributed by atoms with van der Waals surface area (Å²) < 4.78 is 5.96. The Kier molecular flexibility index (Phi) is 3.71. The first kappa shape index (κ1) is 13.8. The highest BCUT2D eigenvalue weighted by Gasteiger charge is 2.24. The van der Waals surface area contributed by atoms with Crippen LogP contribution in [0.5, 0.6) is 0 Å². The Hall–Kier alpha value is -2.20. The van der Waals surface area contributed by atoms with Crippen LogP contribution in [0.2, 0.25) is 0 Å². The molecule has 0 fully saturated rings. The largest absolute Gasteiger partial charge is 0.457 e. The van der Waals surface area contributed by atoms with Gasteiger partial charge in [-0.3, -0.25) is 4.79 Å². The Morgan fingerprint density at radius 2 is 1.90 bits per heavy atom. The standard InChI is InChI=1S/C17H11BrO3/c18-14-7-3-6-12(8-14)16(19)15-9-11-4-1-2-5-13(11)10-21-17(15)20/h1-9H,10H2. The molecule has 0 saturated heterocycles. The third-order valence-electron chi connectivity index (χ3n) is 3.27. The van der Waals surface area contributed by atoms with Crippen molar-refractivity contribution in [3.05, 3.63) is 75.3 Å². The van der Waals surface area contributed by atoms with Crippen LogP contribution >= 0.6 is 15.9 Å². The minimum absolute atomic E-state index is 0.0538. The second kappa shape index (κ2) is 5.66. The molecule has 1 aliphatic rings. The van der Waals surface area contributed by atoms with E-state index >= 15 is 0 Å². The molecule has 4 heteroatoms. The number of benzene rings is 2. The van der Waals surface area contributed by atoms with Crippen molar-refractivity contribution < 1.29 is 14.3 Å². The first-order chi connectivity index (χ1) is 10.1. The van der Waals surface area contributed by atoms with Gasteiger partial charge in [-0.15, -0.1) is 0 Å². The van der Waals surface area contributed by atoms with Crippen molar-refractivity contribution in [2.45, 2.75) is 6.61 Å². The molecule has 0 N–H and O–H groups in total. The molecule has 0 saturated carbocycles. The summed E-state index contributed by atoms with van der Waals surface area (Å²) in [6.07, 6.45) is 1.61. The molecule has 0 unspecified atom stereocenters. The zero-order valence-corrected chi connectivity index (χ0v) is 12.6. The van der Waals surface area contributed by atoms with Crippen molar-refractivity contribution in [2.75, 3.05) is 0 Å². The molecule has 1 aliphatic heterocycles. The lowest BCUT2D eigenvalue weighted by Crippen LogP contribution is -2.14. The molecule has 1 heterocycles. The van der Waals surface area contributed by atoms with E-state index in [9.17, 15) is 9.59 Å². The highest BCUT2D eigenvalue weighted by molar-refractivity contribution is 9.10. The molecule has 0 amide bonds.